The summed E-state index contributed by atoms with van der Waals surface area (Å²) < 4.78 is 5.85. The maximum Gasteiger partial charge on any atom is 0.116 e. The number of nitriles is 1. The van der Waals surface area contributed by atoms with E-state index in [1.807, 2.05) is 14.0 Å². The molecule has 4 heteroatoms. The Kier molecular flexibility index (Phi) is 4.03. The molecule has 2 fully saturated rings. The Bertz CT molecular complexity index is 300. The van der Waals surface area contributed by atoms with E-state index in [4.69, 9.17) is 4.74 Å². The van der Waals surface area contributed by atoms with Crippen LogP contribution in [0.1, 0.15) is 32.6 Å². The van der Waals surface area contributed by atoms with Crippen LogP contribution in [0.3, 0.4) is 0 Å². The summed E-state index contributed by atoms with van der Waals surface area (Å²) in [6.07, 6.45) is 5.39. The third-order valence-corrected chi connectivity index (χ3v) is 4.16. The van der Waals surface area contributed by atoms with Gasteiger partial charge < -0.3 is 10.1 Å². The minimum atomic E-state index is -0.445. The molecule has 1 N–H and O–H groups in total. The van der Waals surface area contributed by atoms with Crippen molar-refractivity contribution in [1.82, 2.24) is 10.2 Å². The summed E-state index contributed by atoms with van der Waals surface area (Å²) in [6.45, 7) is 4.54. The predicted octanol–water partition coefficient (Wildman–Crippen LogP) is 1.13. The zero-order chi connectivity index (χ0) is 12.3. The number of nitrogens with one attached hydrogen (secondary N) is 1. The van der Waals surface area contributed by atoms with Crippen molar-refractivity contribution in [2.45, 2.75) is 50.3 Å². The van der Waals surface area contributed by atoms with Crippen molar-refractivity contribution in [3.8, 4) is 6.07 Å². The highest BCUT2D eigenvalue weighted by Crippen LogP contribution is 2.29. The number of ether oxygens (including phenoxy) is 1. The van der Waals surface area contributed by atoms with E-state index in [-0.39, 0.29) is 0 Å². The first-order chi connectivity index (χ1) is 8.18. The smallest absolute Gasteiger partial charge is 0.116 e. The third kappa shape index (κ3) is 2.79. The fraction of sp³-hybridized carbons (Fsp3) is 0.923. The summed E-state index contributed by atoms with van der Waals surface area (Å²) in [6, 6.07) is 2.90. The van der Waals surface area contributed by atoms with E-state index in [9.17, 15) is 5.26 Å². The van der Waals surface area contributed by atoms with Gasteiger partial charge in [-0.05, 0) is 26.8 Å². The van der Waals surface area contributed by atoms with Crippen molar-refractivity contribution < 1.29 is 4.74 Å². The highest BCUT2D eigenvalue weighted by Gasteiger charge is 2.37. The summed E-state index contributed by atoms with van der Waals surface area (Å²) in [5.74, 6) is 0. The van der Waals surface area contributed by atoms with Gasteiger partial charge in [-0.15, -0.1) is 0 Å². The standard InChI is InChI=1S/C13H23N3O/c1-13(9-14,15-2)10-16-7-8-17-12-6-4-3-5-11(12)16/h11-12,15H,3-8,10H2,1-2H3. The lowest BCUT2D eigenvalue weighted by Crippen LogP contribution is -2.58. The lowest BCUT2D eigenvalue weighted by atomic mass is 9.89. The number of hydrogen-bond donors (Lipinski definition) is 1. The van der Waals surface area contributed by atoms with Gasteiger partial charge in [0.25, 0.3) is 0 Å². The molecule has 0 bridgehead atoms. The van der Waals surface area contributed by atoms with Crippen LogP contribution in [0.2, 0.25) is 0 Å². The Morgan fingerprint density at radius 3 is 2.94 bits per heavy atom. The van der Waals surface area contributed by atoms with E-state index in [1.54, 1.807) is 0 Å². The molecule has 0 aromatic heterocycles. The van der Waals surface area contributed by atoms with E-state index in [2.05, 4.69) is 16.3 Å². The lowest BCUT2D eigenvalue weighted by molar-refractivity contribution is -0.0918. The van der Waals surface area contributed by atoms with E-state index < -0.39 is 5.54 Å². The second kappa shape index (κ2) is 5.34. The molecule has 0 aromatic carbocycles. The van der Waals surface area contributed by atoms with Gasteiger partial charge in [0.2, 0.25) is 0 Å². The molecule has 96 valence electrons. The van der Waals surface area contributed by atoms with Crippen LogP contribution >= 0.6 is 0 Å². The zero-order valence-electron chi connectivity index (χ0n) is 10.9. The molecule has 2 rings (SSSR count). The number of morpholine rings is 1. The Balaban J connectivity index is 2.02. The van der Waals surface area contributed by atoms with Gasteiger partial charge in [0, 0.05) is 19.1 Å². The average Bonchev–Trinajstić information content (AvgIpc) is 2.39. The van der Waals surface area contributed by atoms with Crippen LogP contribution in [0.4, 0.5) is 0 Å². The Labute approximate surface area is 104 Å². The molecule has 0 spiro atoms. The quantitative estimate of drug-likeness (QED) is 0.799. The minimum absolute atomic E-state index is 0.400. The van der Waals surface area contributed by atoms with E-state index >= 15 is 0 Å². The van der Waals surface area contributed by atoms with Crippen LogP contribution in [-0.2, 0) is 4.74 Å². The SMILES string of the molecule is CNC(C)(C#N)CN1CCOC2CCCCC21. The Morgan fingerprint density at radius 1 is 1.47 bits per heavy atom. The van der Waals surface area contributed by atoms with Crippen molar-refractivity contribution in [2.75, 3.05) is 26.7 Å². The molecule has 1 aliphatic heterocycles. The van der Waals surface area contributed by atoms with E-state index in [1.165, 1.54) is 25.7 Å². The summed E-state index contributed by atoms with van der Waals surface area (Å²) in [4.78, 5) is 2.45. The van der Waals surface area contributed by atoms with Crippen molar-refractivity contribution in [3.63, 3.8) is 0 Å². The van der Waals surface area contributed by atoms with Crippen LogP contribution < -0.4 is 5.32 Å². The zero-order valence-corrected chi connectivity index (χ0v) is 10.9. The number of fused-ring (bicyclic) bond motifs is 1. The van der Waals surface area contributed by atoms with Crippen LogP contribution in [0.5, 0.6) is 0 Å². The van der Waals surface area contributed by atoms with Crippen molar-refractivity contribution in [3.05, 3.63) is 0 Å². The highest BCUT2D eigenvalue weighted by atomic mass is 16.5. The normalized spacial score (nSPS) is 33.5. The second-order valence-corrected chi connectivity index (χ2v) is 5.43. The monoisotopic (exact) mass is 237 g/mol. The number of rotatable bonds is 3. The first-order valence-corrected chi connectivity index (χ1v) is 6.64. The van der Waals surface area contributed by atoms with Crippen molar-refractivity contribution in [1.29, 1.82) is 5.26 Å². The van der Waals surface area contributed by atoms with Gasteiger partial charge in [0.15, 0.2) is 0 Å². The number of nitrogens with zero attached hydrogens (tertiary/aromatic N) is 2. The molecule has 17 heavy (non-hydrogen) atoms. The van der Waals surface area contributed by atoms with Gasteiger partial charge in [-0.2, -0.15) is 5.26 Å². The molecule has 3 unspecified atom stereocenters. The van der Waals surface area contributed by atoms with Gasteiger partial charge in [-0.1, -0.05) is 12.8 Å². The molecule has 0 radical (unpaired) electrons. The molecule has 0 amide bonds. The van der Waals surface area contributed by atoms with Gasteiger partial charge in [0.05, 0.1) is 18.8 Å². The Morgan fingerprint density at radius 2 is 2.24 bits per heavy atom. The molecule has 0 aromatic rings. The van der Waals surface area contributed by atoms with Gasteiger partial charge in [-0.3, -0.25) is 4.90 Å². The first kappa shape index (κ1) is 12.8. The summed E-state index contributed by atoms with van der Waals surface area (Å²) in [7, 11) is 1.86. The summed E-state index contributed by atoms with van der Waals surface area (Å²) >= 11 is 0. The summed E-state index contributed by atoms with van der Waals surface area (Å²) in [5, 5.41) is 12.4. The molecule has 1 aliphatic carbocycles. The minimum Gasteiger partial charge on any atom is -0.375 e. The van der Waals surface area contributed by atoms with Crippen LogP contribution in [0, 0.1) is 11.3 Å². The highest BCUT2D eigenvalue weighted by molar-refractivity contribution is 5.06. The molecule has 4 nitrogen and oxygen atoms in total. The lowest BCUT2D eigenvalue weighted by Gasteiger charge is -2.45. The van der Waals surface area contributed by atoms with Gasteiger partial charge in [0.1, 0.15) is 5.54 Å². The van der Waals surface area contributed by atoms with Crippen LogP contribution in [0.25, 0.3) is 0 Å². The largest absolute Gasteiger partial charge is 0.375 e. The molecule has 1 heterocycles. The van der Waals surface area contributed by atoms with Crippen LogP contribution in [0.15, 0.2) is 0 Å². The predicted molar refractivity (Wildman–Crippen MR) is 66.6 cm³/mol. The fourth-order valence-electron chi connectivity index (χ4n) is 2.95. The first-order valence-electron chi connectivity index (χ1n) is 6.64. The van der Waals surface area contributed by atoms with E-state index in [0.29, 0.717) is 12.1 Å². The van der Waals surface area contributed by atoms with Gasteiger partial charge >= 0.3 is 0 Å². The fourth-order valence-corrected chi connectivity index (χ4v) is 2.95. The maximum absolute atomic E-state index is 9.24. The molecular weight excluding hydrogens is 214 g/mol. The molecule has 2 aliphatic rings. The molecular formula is C13H23N3O. The van der Waals surface area contributed by atoms with Gasteiger partial charge in [-0.25, -0.2) is 0 Å². The van der Waals surface area contributed by atoms with Crippen molar-refractivity contribution in [2.24, 2.45) is 0 Å². The van der Waals surface area contributed by atoms with E-state index in [0.717, 1.165) is 19.7 Å². The summed E-state index contributed by atoms with van der Waals surface area (Å²) in [5.41, 5.74) is -0.445. The number of hydrogen-bond acceptors (Lipinski definition) is 4. The molecule has 1 saturated heterocycles. The average molecular weight is 237 g/mol. The maximum atomic E-state index is 9.24. The molecule has 3 atom stereocenters. The van der Waals surface area contributed by atoms with Crippen molar-refractivity contribution >= 4 is 0 Å². The van der Waals surface area contributed by atoms with Crippen LogP contribution in [-0.4, -0.2) is 49.3 Å². The molecule has 1 saturated carbocycles. The Hall–Kier alpha value is -0.630. The topological polar surface area (TPSA) is 48.3 Å². The number of likely N-dealkylation sites (N-methyl/N-ethyl adjacent to an activating group) is 1. The second-order valence-electron chi connectivity index (χ2n) is 5.43. The third-order valence-electron chi connectivity index (χ3n) is 4.16.